The predicted molar refractivity (Wildman–Crippen MR) is 155 cm³/mol. The number of carbonyl (C=O) groups is 1. The van der Waals surface area contributed by atoms with Gasteiger partial charge in [0.2, 0.25) is 0 Å². The maximum Gasteiger partial charge on any atom is 0.405 e. The van der Waals surface area contributed by atoms with E-state index in [0.29, 0.717) is 13.0 Å². The van der Waals surface area contributed by atoms with E-state index in [0.717, 1.165) is 65.1 Å². The Balaban J connectivity index is 1.75. The van der Waals surface area contributed by atoms with E-state index in [1.165, 1.54) is 0 Å². The molecule has 9 nitrogen and oxygen atoms in total. The minimum atomic E-state index is -1.98. The number of benzene rings is 1. The summed E-state index contributed by atoms with van der Waals surface area (Å²) in [7, 11) is -0.210. The maximum absolute atomic E-state index is 12.0. The van der Waals surface area contributed by atoms with Crippen LogP contribution in [-0.2, 0) is 9.16 Å². The van der Waals surface area contributed by atoms with Gasteiger partial charge in [0, 0.05) is 25.3 Å². The average molecular weight is 557 g/mol. The number of hydrogen-bond acceptors (Lipinski definition) is 6. The van der Waals surface area contributed by atoms with Crippen LogP contribution in [0.2, 0.25) is 18.1 Å². The second-order valence-electron chi connectivity index (χ2n) is 12.3. The summed E-state index contributed by atoms with van der Waals surface area (Å²) < 4.78 is 19.7. The molecule has 0 bridgehead atoms. The standard InChI is InChI=1S/C29H44N4O5Si/c1-18-26(19(2)38-32-18)20-9-14-25-24(17-20)30-27(33(25)21-10-12-22(36-6)13-11-21)23(31-28(34)35)15-16-37-39(7,8)29(3,4)5/h9,14,17,21-23,31H,10-13,15-16H2,1-8H3,(H,34,35)/t21?,22?,23-/m0/s1. The molecule has 0 aliphatic heterocycles. The third-order valence-corrected chi connectivity index (χ3v) is 13.2. The van der Waals surface area contributed by atoms with Gasteiger partial charge in [0.1, 0.15) is 11.6 Å². The molecule has 1 saturated carbocycles. The molecule has 2 heterocycles. The molecule has 39 heavy (non-hydrogen) atoms. The summed E-state index contributed by atoms with van der Waals surface area (Å²) in [6, 6.07) is 5.95. The molecule has 1 aliphatic rings. The first-order valence-corrected chi connectivity index (χ1v) is 16.8. The molecule has 0 radical (unpaired) electrons. The van der Waals surface area contributed by atoms with E-state index in [2.05, 4.69) is 67.1 Å². The van der Waals surface area contributed by atoms with Gasteiger partial charge in [-0.15, -0.1) is 0 Å². The quantitative estimate of drug-likeness (QED) is 0.269. The molecule has 1 atom stereocenters. The molecule has 0 saturated heterocycles. The Labute approximate surface area is 232 Å². The minimum Gasteiger partial charge on any atom is -0.465 e. The van der Waals surface area contributed by atoms with E-state index in [4.69, 9.17) is 18.7 Å². The molecule has 1 amide bonds. The highest BCUT2D eigenvalue weighted by atomic mass is 28.4. The highest BCUT2D eigenvalue weighted by molar-refractivity contribution is 6.74. The third-order valence-electron chi connectivity index (χ3n) is 8.67. The fourth-order valence-corrected chi connectivity index (χ4v) is 6.46. The van der Waals surface area contributed by atoms with Crippen molar-refractivity contribution < 1.29 is 23.6 Å². The van der Waals surface area contributed by atoms with Gasteiger partial charge in [-0.1, -0.05) is 32.0 Å². The Hall–Kier alpha value is -2.69. The van der Waals surface area contributed by atoms with E-state index in [1.54, 1.807) is 7.11 Å². The molecule has 1 aromatic carbocycles. The molecule has 1 aliphatic carbocycles. The fraction of sp³-hybridized carbons (Fsp3) is 0.621. The maximum atomic E-state index is 12.0. The van der Waals surface area contributed by atoms with Crippen molar-refractivity contribution in [3.63, 3.8) is 0 Å². The summed E-state index contributed by atoms with van der Waals surface area (Å²) in [5.41, 5.74) is 4.62. The van der Waals surface area contributed by atoms with E-state index < -0.39 is 20.5 Å². The lowest BCUT2D eigenvalue weighted by molar-refractivity contribution is 0.0583. The van der Waals surface area contributed by atoms with Crippen LogP contribution in [0.3, 0.4) is 0 Å². The van der Waals surface area contributed by atoms with E-state index in [1.807, 2.05) is 13.8 Å². The summed E-state index contributed by atoms with van der Waals surface area (Å²) in [5.74, 6) is 1.50. The van der Waals surface area contributed by atoms with Crippen LogP contribution < -0.4 is 5.32 Å². The first-order chi connectivity index (χ1) is 18.3. The van der Waals surface area contributed by atoms with Crippen molar-refractivity contribution in [1.82, 2.24) is 20.0 Å². The summed E-state index contributed by atoms with van der Waals surface area (Å²) >= 11 is 0. The first-order valence-electron chi connectivity index (χ1n) is 13.9. The summed E-state index contributed by atoms with van der Waals surface area (Å²) in [6.07, 6.45) is 3.52. The van der Waals surface area contributed by atoms with Gasteiger partial charge in [-0.25, -0.2) is 9.78 Å². The summed E-state index contributed by atoms with van der Waals surface area (Å²) in [6.45, 7) is 15.4. The van der Waals surface area contributed by atoms with Crippen LogP contribution in [-0.4, -0.2) is 54.0 Å². The Bertz CT molecular complexity index is 1280. The number of nitrogens with one attached hydrogen (secondary N) is 1. The van der Waals surface area contributed by atoms with Crippen LogP contribution in [0.25, 0.3) is 22.2 Å². The average Bonchev–Trinajstić information content (AvgIpc) is 3.41. The van der Waals surface area contributed by atoms with Crippen LogP contribution in [0.4, 0.5) is 4.79 Å². The van der Waals surface area contributed by atoms with Crippen molar-refractivity contribution in [2.45, 2.75) is 103 Å². The van der Waals surface area contributed by atoms with Gasteiger partial charge in [0.15, 0.2) is 8.32 Å². The van der Waals surface area contributed by atoms with Crippen molar-refractivity contribution >= 4 is 25.4 Å². The zero-order chi connectivity index (χ0) is 28.5. The molecule has 2 N–H and O–H groups in total. The van der Waals surface area contributed by atoms with E-state index in [-0.39, 0.29) is 17.2 Å². The smallest absolute Gasteiger partial charge is 0.405 e. The number of hydrogen-bond donors (Lipinski definition) is 2. The Morgan fingerprint density at radius 2 is 1.92 bits per heavy atom. The third kappa shape index (κ3) is 6.23. The van der Waals surface area contributed by atoms with Crippen LogP contribution >= 0.6 is 0 Å². The van der Waals surface area contributed by atoms with Crippen LogP contribution in [0.1, 0.15) is 82.2 Å². The number of nitrogens with zero attached hydrogens (tertiary/aromatic N) is 3. The number of rotatable bonds is 9. The monoisotopic (exact) mass is 556 g/mol. The SMILES string of the molecule is COC1CCC(n2c([C@H](CCO[Si](C)(C)C(C)(C)C)NC(=O)O)nc3cc(-c4c(C)noc4C)ccc32)CC1. The number of carboxylic acid groups (broad SMARTS) is 1. The van der Waals surface area contributed by atoms with Crippen LogP contribution in [0.15, 0.2) is 22.7 Å². The molecule has 0 unspecified atom stereocenters. The first kappa shape index (κ1) is 29.3. The summed E-state index contributed by atoms with van der Waals surface area (Å²) in [4.78, 5) is 17.0. The normalized spacial score (nSPS) is 19.4. The largest absolute Gasteiger partial charge is 0.465 e. The van der Waals surface area contributed by atoms with Gasteiger partial charge in [-0.3, -0.25) is 0 Å². The number of imidazole rings is 1. The zero-order valence-corrected chi connectivity index (χ0v) is 25.6. The summed E-state index contributed by atoms with van der Waals surface area (Å²) in [5, 5.41) is 16.7. The molecule has 2 aromatic heterocycles. The topological polar surface area (TPSA) is 112 Å². The highest BCUT2D eigenvalue weighted by Crippen LogP contribution is 2.39. The molecule has 10 heteroatoms. The Morgan fingerprint density at radius 1 is 1.23 bits per heavy atom. The number of fused-ring (bicyclic) bond motifs is 1. The van der Waals surface area contributed by atoms with Gasteiger partial charge < -0.3 is 28.7 Å². The van der Waals surface area contributed by atoms with Gasteiger partial charge in [0.05, 0.1) is 28.9 Å². The van der Waals surface area contributed by atoms with Crippen molar-refractivity contribution in [1.29, 1.82) is 0 Å². The van der Waals surface area contributed by atoms with Gasteiger partial charge in [0.25, 0.3) is 0 Å². The number of amides is 1. The second-order valence-corrected chi connectivity index (χ2v) is 17.1. The van der Waals surface area contributed by atoms with Crippen molar-refractivity contribution in [2.24, 2.45) is 0 Å². The lowest BCUT2D eigenvalue weighted by Gasteiger charge is -2.36. The molecule has 214 valence electrons. The Morgan fingerprint density at radius 3 is 2.49 bits per heavy atom. The highest BCUT2D eigenvalue weighted by Gasteiger charge is 2.37. The Kier molecular flexibility index (Phi) is 8.58. The lowest BCUT2D eigenvalue weighted by atomic mass is 9.92. The second kappa shape index (κ2) is 11.4. The number of aryl methyl sites for hydroxylation is 2. The van der Waals surface area contributed by atoms with E-state index in [9.17, 15) is 9.90 Å². The van der Waals surface area contributed by atoms with Crippen molar-refractivity contribution in [3.8, 4) is 11.1 Å². The van der Waals surface area contributed by atoms with Gasteiger partial charge >= 0.3 is 6.09 Å². The number of ether oxygens (including phenoxy) is 1. The fourth-order valence-electron chi connectivity index (χ4n) is 5.40. The number of aromatic nitrogens is 3. The van der Waals surface area contributed by atoms with Crippen LogP contribution in [0, 0.1) is 13.8 Å². The molecule has 4 rings (SSSR count). The lowest BCUT2D eigenvalue weighted by Crippen LogP contribution is -2.41. The van der Waals surface area contributed by atoms with Gasteiger partial charge in [-0.05, 0) is 81.8 Å². The molecule has 3 aromatic rings. The minimum absolute atomic E-state index is 0.0739. The molecule has 0 spiro atoms. The molecule has 1 fully saturated rings. The number of methoxy groups -OCH3 is 1. The van der Waals surface area contributed by atoms with Crippen molar-refractivity contribution in [2.75, 3.05) is 13.7 Å². The van der Waals surface area contributed by atoms with Crippen molar-refractivity contribution in [3.05, 3.63) is 35.5 Å². The zero-order valence-electron chi connectivity index (χ0n) is 24.6. The predicted octanol–water partition coefficient (Wildman–Crippen LogP) is 7.16. The van der Waals surface area contributed by atoms with Gasteiger partial charge in [-0.2, -0.15) is 0 Å². The van der Waals surface area contributed by atoms with E-state index >= 15 is 0 Å². The molecular formula is C29H44N4O5Si. The van der Waals surface area contributed by atoms with Crippen LogP contribution in [0.5, 0.6) is 0 Å². The molecular weight excluding hydrogens is 512 g/mol.